The van der Waals surface area contributed by atoms with Crippen molar-refractivity contribution >= 4 is 17.4 Å². The van der Waals surface area contributed by atoms with Gasteiger partial charge < -0.3 is 10.2 Å². The van der Waals surface area contributed by atoms with Crippen LogP contribution in [0.4, 0.5) is 5.82 Å². The first-order valence-electron chi connectivity index (χ1n) is 8.40. The molecule has 2 aromatic rings. The lowest BCUT2D eigenvalue weighted by Crippen LogP contribution is -2.43. The van der Waals surface area contributed by atoms with E-state index in [4.69, 9.17) is 0 Å². The third kappa shape index (κ3) is 2.97. The highest BCUT2D eigenvalue weighted by Crippen LogP contribution is 2.23. The molecule has 2 aliphatic rings. The number of rotatable bonds is 3. The maximum atomic E-state index is 12.4. The van der Waals surface area contributed by atoms with Crippen molar-refractivity contribution in [1.29, 1.82) is 0 Å². The smallest absolute Gasteiger partial charge is 0.223 e. The highest BCUT2D eigenvalue weighted by atomic mass is 16.1. The fraction of sp³-hybridized carbons (Fsp3) is 0.667. The van der Waals surface area contributed by atoms with E-state index in [9.17, 15) is 4.79 Å². The number of aromatic nitrogens is 5. The van der Waals surface area contributed by atoms with Crippen LogP contribution < -0.4 is 10.2 Å². The molecule has 8 nitrogen and oxygen atoms in total. The average molecular weight is 315 g/mol. The van der Waals surface area contributed by atoms with Crippen LogP contribution in [0, 0.1) is 5.92 Å². The number of carbonyl (C=O) groups excluding carboxylic acids is 1. The van der Waals surface area contributed by atoms with Crippen LogP contribution in [-0.2, 0) is 4.79 Å². The quantitative estimate of drug-likeness (QED) is 0.901. The summed E-state index contributed by atoms with van der Waals surface area (Å²) < 4.78 is 1.44. The highest BCUT2D eigenvalue weighted by molar-refractivity contribution is 5.79. The number of anilines is 1. The normalized spacial score (nSPS) is 20.3. The van der Waals surface area contributed by atoms with E-state index < -0.39 is 0 Å². The number of tetrazole rings is 1. The van der Waals surface area contributed by atoms with Crippen LogP contribution in [-0.4, -0.2) is 50.3 Å². The molecule has 4 rings (SSSR count). The van der Waals surface area contributed by atoms with Crippen LogP contribution in [0.3, 0.4) is 0 Å². The van der Waals surface area contributed by atoms with Crippen molar-refractivity contribution in [3.8, 4) is 0 Å². The molecule has 0 spiro atoms. The largest absolute Gasteiger partial charge is 0.355 e. The van der Waals surface area contributed by atoms with Gasteiger partial charge in [-0.25, -0.2) is 0 Å². The monoisotopic (exact) mass is 315 g/mol. The molecule has 1 saturated carbocycles. The number of nitrogens with one attached hydrogen (secondary N) is 1. The van der Waals surface area contributed by atoms with Crippen LogP contribution in [0.5, 0.6) is 0 Å². The second-order valence-corrected chi connectivity index (χ2v) is 6.47. The second kappa shape index (κ2) is 6.10. The van der Waals surface area contributed by atoms with Gasteiger partial charge in [0.25, 0.3) is 0 Å². The topological polar surface area (TPSA) is 88.3 Å². The van der Waals surface area contributed by atoms with Crippen molar-refractivity contribution in [2.24, 2.45) is 5.92 Å². The fourth-order valence-corrected chi connectivity index (χ4v) is 3.57. The average Bonchev–Trinajstić information content (AvgIpc) is 3.25. The summed E-state index contributed by atoms with van der Waals surface area (Å²) >= 11 is 0. The molecule has 0 radical (unpaired) electrons. The molecule has 1 aliphatic heterocycles. The van der Waals surface area contributed by atoms with E-state index in [1.807, 2.05) is 12.1 Å². The molecule has 2 aromatic heterocycles. The molecular formula is C15H21N7O. The van der Waals surface area contributed by atoms with Gasteiger partial charge in [0.05, 0.1) is 0 Å². The molecule has 1 aliphatic carbocycles. The van der Waals surface area contributed by atoms with Crippen LogP contribution >= 0.6 is 0 Å². The molecule has 2 fully saturated rings. The summed E-state index contributed by atoms with van der Waals surface area (Å²) in [5.74, 6) is 1.23. The Morgan fingerprint density at radius 1 is 1.13 bits per heavy atom. The Bertz CT molecular complexity index is 686. The number of hydrogen-bond donors (Lipinski definition) is 1. The highest BCUT2D eigenvalue weighted by Gasteiger charge is 2.28. The lowest BCUT2D eigenvalue weighted by atomic mass is 9.95. The Balaban J connectivity index is 1.35. The SMILES string of the molecule is O=C(NC1CCCC1)C1CCN(c2ccc3nnnn3n2)CC1. The fourth-order valence-electron chi connectivity index (χ4n) is 3.57. The number of fused-ring (bicyclic) bond motifs is 1. The molecule has 0 unspecified atom stereocenters. The van der Waals surface area contributed by atoms with Gasteiger partial charge >= 0.3 is 0 Å². The van der Waals surface area contributed by atoms with Gasteiger partial charge in [-0.15, -0.1) is 14.8 Å². The van der Waals surface area contributed by atoms with Gasteiger partial charge in [-0.3, -0.25) is 4.79 Å². The first-order valence-corrected chi connectivity index (χ1v) is 8.40. The maximum absolute atomic E-state index is 12.4. The van der Waals surface area contributed by atoms with Crippen molar-refractivity contribution in [1.82, 2.24) is 30.6 Å². The van der Waals surface area contributed by atoms with E-state index in [-0.39, 0.29) is 11.8 Å². The minimum atomic E-state index is 0.128. The van der Waals surface area contributed by atoms with Gasteiger partial charge in [-0.05, 0) is 48.2 Å². The third-order valence-electron chi connectivity index (χ3n) is 4.95. The van der Waals surface area contributed by atoms with Gasteiger partial charge in [0.1, 0.15) is 0 Å². The van der Waals surface area contributed by atoms with Crippen molar-refractivity contribution in [3.63, 3.8) is 0 Å². The Kier molecular flexibility index (Phi) is 3.80. The molecule has 1 amide bonds. The Labute approximate surface area is 134 Å². The predicted octanol–water partition coefficient (Wildman–Crippen LogP) is 0.794. The van der Waals surface area contributed by atoms with E-state index in [1.54, 1.807) is 0 Å². The van der Waals surface area contributed by atoms with Gasteiger partial charge in [0, 0.05) is 25.0 Å². The van der Waals surface area contributed by atoms with Crippen molar-refractivity contribution in [2.45, 2.75) is 44.6 Å². The van der Waals surface area contributed by atoms with Crippen molar-refractivity contribution in [2.75, 3.05) is 18.0 Å². The van der Waals surface area contributed by atoms with E-state index in [0.717, 1.165) is 44.6 Å². The van der Waals surface area contributed by atoms with E-state index in [2.05, 4.69) is 30.8 Å². The summed E-state index contributed by atoms with van der Waals surface area (Å²) in [7, 11) is 0. The maximum Gasteiger partial charge on any atom is 0.223 e. The van der Waals surface area contributed by atoms with E-state index in [0.29, 0.717) is 11.7 Å². The molecule has 122 valence electrons. The molecule has 23 heavy (non-hydrogen) atoms. The first-order chi connectivity index (χ1) is 11.3. The minimum Gasteiger partial charge on any atom is -0.355 e. The van der Waals surface area contributed by atoms with E-state index in [1.165, 1.54) is 17.5 Å². The summed E-state index contributed by atoms with van der Waals surface area (Å²) in [5.41, 5.74) is 0.638. The molecule has 3 heterocycles. The van der Waals surface area contributed by atoms with E-state index >= 15 is 0 Å². The number of hydrogen-bond acceptors (Lipinski definition) is 6. The summed E-state index contributed by atoms with van der Waals surface area (Å²) in [5, 5.41) is 18.9. The summed E-state index contributed by atoms with van der Waals surface area (Å²) in [6.45, 7) is 1.67. The zero-order chi connectivity index (χ0) is 15.6. The summed E-state index contributed by atoms with van der Waals surface area (Å²) in [4.78, 5) is 14.6. The van der Waals surface area contributed by atoms with Gasteiger partial charge in [0.2, 0.25) is 5.91 Å². The van der Waals surface area contributed by atoms with Crippen molar-refractivity contribution < 1.29 is 4.79 Å². The van der Waals surface area contributed by atoms with Gasteiger partial charge in [-0.1, -0.05) is 12.8 Å². The van der Waals surface area contributed by atoms with Crippen molar-refractivity contribution in [3.05, 3.63) is 12.1 Å². The van der Waals surface area contributed by atoms with Gasteiger partial charge in [-0.2, -0.15) is 0 Å². The molecule has 8 heteroatoms. The lowest BCUT2D eigenvalue weighted by molar-refractivity contribution is -0.126. The number of piperidine rings is 1. The molecular weight excluding hydrogens is 294 g/mol. The molecule has 0 aromatic carbocycles. The molecule has 1 N–H and O–H groups in total. The van der Waals surface area contributed by atoms with Crippen LogP contribution in [0.15, 0.2) is 12.1 Å². The van der Waals surface area contributed by atoms with Crippen LogP contribution in [0.25, 0.3) is 5.65 Å². The Morgan fingerprint density at radius 2 is 1.91 bits per heavy atom. The third-order valence-corrected chi connectivity index (χ3v) is 4.95. The standard InChI is InChI=1S/C15H21N7O/c23-15(16-12-3-1-2-4-12)11-7-9-21(10-8-11)14-6-5-13-17-19-20-22(13)18-14/h5-6,11-12H,1-4,7-10H2,(H,16,23). The molecule has 0 atom stereocenters. The lowest BCUT2D eigenvalue weighted by Gasteiger charge is -2.32. The molecule has 0 bridgehead atoms. The Morgan fingerprint density at radius 3 is 2.70 bits per heavy atom. The van der Waals surface area contributed by atoms with Crippen LogP contribution in [0.1, 0.15) is 38.5 Å². The number of nitrogens with zero attached hydrogens (tertiary/aromatic N) is 6. The first kappa shape index (κ1) is 14.3. The zero-order valence-electron chi connectivity index (χ0n) is 13.1. The summed E-state index contributed by atoms with van der Waals surface area (Å²) in [6.07, 6.45) is 6.51. The predicted molar refractivity (Wildman–Crippen MR) is 83.9 cm³/mol. The number of carbonyl (C=O) groups is 1. The summed E-state index contributed by atoms with van der Waals surface area (Å²) in [6, 6.07) is 4.20. The zero-order valence-corrected chi connectivity index (χ0v) is 13.1. The number of amides is 1. The molecule has 1 saturated heterocycles. The Hall–Kier alpha value is -2.25. The second-order valence-electron chi connectivity index (χ2n) is 6.47. The minimum absolute atomic E-state index is 0.128. The van der Waals surface area contributed by atoms with Gasteiger partial charge in [0.15, 0.2) is 11.5 Å². The van der Waals surface area contributed by atoms with Crippen LogP contribution in [0.2, 0.25) is 0 Å².